The van der Waals surface area contributed by atoms with Crippen molar-refractivity contribution in [3.8, 4) is 0 Å². The Morgan fingerprint density at radius 3 is 1.40 bits per heavy atom. The summed E-state index contributed by atoms with van der Waals surface area (Å²) in [6, 6.07) is -0.825. The second-order valence-corrected chi connectivity index (χ2v) is 20.8. The number of amides is 1. The fourth-order valence-corrected chi connectivity index (χ4v) is 9.60. The fourth-order valence-electron chi connectivity index (χ4n) is 9.60. The smallest absolute Gasteiger partial charge is 0.220 e. The van der Waals surface area contributed by atoms with Crippen molar-refractivity contribution in [2.75, 3.05) is 19.8 Å². The average molecular weight is 1030 g/mol. The number of hydrogen-bond acceptors (Lipinski definition) is 13. The zero-order valence-electron chi connectivity index (χ0n) is 45.2. The van der Waals surface area contributed by atoms with Gasteiger partial charge in [-0.3, -0.25) is 4.79 Å². The van der Waals surface area contributed by atoms with E-state index < -0.39 is 86.8 Å². The maximum absolute atomic E-state index is 13.2. The van der Waals surface area contributed by atoms with Gasteiger partial charge in [0.15, 0.2) is 12.6 Å². The number of hydrogen-bond donors (Lipinski definition) is 9. The largest absolute Gasteiger partial charge is 0.394 e. The van der Waals surface area contributed by atoms with Gasteiger partial charge in [-0.15, -0.1) is 0 Å². The number of aliphatic hydroxyl groups excluding tert-OH is 8. The number of allylic oxidation sites excluding steroid dienone is 6. The van der Waals surface area contributed by atoms with Gasteiger partial charge in [0.2, 0.25) is 5.91 Å². The first-order chi connectivity index (χ1) is 35.1. The van der Waals surface area contributed by atoms with E-state index in [1.807, 2.05) is 0 Å². The summed E-state index contributed by atoms with van der Waals surface area (Å²) in [6.45, 7) is 2.79. The number of ether oxygens (including phenoxy) is 4. The molecule has 72 heavy (non-hydrogen) atoms. The van der Waals surface area contributed by atoms with E-state index in [0.29, 0.717) is 12.8 Å². The van der Waals surface area contributed by atoms with Crippen molar-refractivity contribution in [2.45, 2.75) is 306 Å². The first-order valence-electron chi connectivity index (χ1n) is 29.2. The van der Waals surface area contributed by atoms with E-state index in [2.05, 4.69) is 55.6 Å². The van der Waals surface area contributed by atoms with Crippen LogP contribution >= 0.6 is 0 Å². The second-order valence-electron chi connectivity index (χ2n) is 20.8. The minimum absolute atomic E-state index is 0.210. The van der Waals surface area contributed by atoms with E-state index in [4.69, 9.17) is 18.9 Å². The molecule has 12 unspecified atom stereocenters. The lowest BCUT2D eigenvalue weighted by atomic mass is 9.97. The molecule has 2 heterocycles. The van der Waals surface area contributed by atoms with Crippen LogP contribution in [0.25, 0.3) is 0 Å². The third-order valence-electron chi connectivity index (χ3n) is 14.4. The molecule has 2 fully saturated rings. The molecule has 2 aliphatic rings. The summed E-state index contributed by atoms with van der Waals surface area (Å²) in [4.78, 5) is 13.2. The zero-order valence-corrected chi connectivity index (χ0v) is 45.2. The van der Waals surface area contributed by atoms with Crippen molar-refractivity contribution in [3.05, 3.63) is 36.5 Å². The Labute approximate surface area is 436 Å². The molecule has 0 bridgehead atoms. The summed E-state index contributed by atoms with van der Waals surface area (Å²) < 4.78 is 22.7. The van der Waals surface area contributed by atoms with Crippen LogP contribution in [-0.4, -0.2) is 140 Å². The molecular weight excluding hydrogens is 919 g/mol. The molecule has 0 aliphatic carbocycles. The van der Waals surface area contributed by atoms with Crippen molar-refractivity contribution in [3.63, 3.8) is 0 Å². The van der Waals surface area contributed by atoms with Crippen LogP contribution in [-0.2, 0) is 23.7 Å². The quantitative estimate of drug-likeness (QED) is 0.0205. The number of aliphatic hydroxyl groups is 8. The molecule has 0 aromatic rings. The van der Waals surface area contributed by atoms with Crippen LogP contribution in [0.15, 0.2) is 36.5 Å². The highest BCUT2D eigenvalue weighted by molar-refractivity contribution is 5.76. The maximum atomic E-state index is 13.2. The van der Waals surface area contributed by atoms with Crippen molar-refractivity contribution in [1.82, 2.24) is 5.32 Å². The van der Waals surface area contributed by atoms with Crippen molar-refractivity contribution < 1.29 is 64.6 Å². The summed E-state index contributed by atoms with van der Waals surface area (Å²) in [5.41, 5.74) is 0. The van der Waals surface area contributed by atoms with Crippen LogP contribution < -0.4 is 5.32 Å². The van der Waals surface area contributed by atoms with Gasteiger partial charge in [-0.25, -0.2) is 0 Å². The SMILES string of the molecule is CCCCCCC/C=C\C/C=C\C/C=C\CCCCCCCCCCCCCCCCCCC(=O)NC(COC1OC(CO)C(OC2OC(CO)C(O)C(O)C2O)C(O)C1O)C(O)CCCCCCCCC. The highest BCUT2D eigenvalue weighted by Crippen LogP contribution is 2.30. The Morgan fingerprint density at radius 2 is 0.917 bits per heavy atom. The van der Waals surface area contributed by atoms with E-state index in [1.54, 1.807) is 0 Å². The molecule has 14 heteroatoms. The molecule has 0 aromatic heterocycles. The van der Waals surface area contributed by atoms with Gasteiger partial charge < -0.3 is 65.1 Å². The minimum atomic E-state index is -1.78. The van der Waals surface area contributed by atoms with Gasteiger partial charge in [0.25, 0.3) is 0 Å². The molecule has 12 atom stereocenters. The lowest BCUT2D eigenvalue weighted by Crippen LogP contribution is -2.65. The summed E-state index contributed by atoms with van der Waals surface area (Å²) in [7, 11) is 0. The summed E-state index contributed by atoms with van der Waals surface area (Å²) >= 11 is 0. The summed E-state index contributed by atoms with van der Waals surface area (Å²) in [5, 5.41) is 86.7. The van der Waals surface area contributed by atoms with E-state index in [1.165, 1.54) is 141 Å². The maximum Gasteiger partial charge on any atom is 0.220 e. The highest BCUT2D eigenvalue weighted by Gasteiger charge is 2.51. The van der Waals surface area contributed by atoms with E-state index in [0.717, 1.165) is 64.2 Å². The van der Waals surface area contributed by atoms with Gasteiger partial charge in [-0.1, -0.05) is 211 Å². The Kier molecular flexibility index (Phi) is 40.9. The first kappa shape index (κ1) is 66.3. The molecule has 0 radical (unpaired) electrons. The summed E-state index contributed by atoms with van der Waals surface area (Å²) in [6.07, 6.45) is 36.3. The normalized spacial score (nSPS) is 25.8. The monoisotopic (exact) mass is 1030 g/mol. The summed E-state index contributed by atoms with van der Waals surface area (Å²) in [5.74, 6) is -0.210. The number of unbranched alkanes of at least 4 members (excludes halogenated alkanes) is 27. The molecule has 0 saturated carbocycles. The third kappa shape index (κ3) is 30.1. The molecule has 2 aliphatic heterocycles. The average Bonchev–Trinajstić information content (AvgIpc) is 3.38. The second kappa shape index (κ2) is 44.3. The topological polar surface area (TPSA) is 228 Å². The molecule has 2 saturated heterocycles. The fraction of sp³-hybridized carbons (Fsp3) is 0.879. The predicted octanol–water partition coefficient (Wildman–Crippen LogP) is 9.44. The van der Waals surface area contributed by atoms with Crippen molar-refractivity contribution in [2.24, 2.45) is 0 Å². The van der Waals surface area contributed by atoms with Crippen molar-refractivity contribution in [1.29, 1.82) is 0 Å². The van der Waals surface area contributed by atoms with Crippen LogP contribution in [0.2, 0.25) is 0 Å². The van der Waals surface area contributed by atoms with Crippen LogP contribution in [0.4, 0.5) is 0 Å². The minimum Gasteiger partial charge on any atom is -0.394 e. The molecule has 1 amide bonds. The van der Waals surface area contributed by atoms with Crippen LogP contribution in [0.5, 0.6) is 0 Å². The van der Waals surface area contributed by atoms with Crippen LogP contribution in [0.3, 0.4) is 0 Å². The van der Waals surface area contributed by atoms with E-state index in [9.17, 15) is 45.6 Å². The standard InChI is InChI=1S/C58H107NO13/c1-3-5-7-9-11-12-13-14-15-16-17-18-19-20-21-22-23-24-25-26-27-28-29-30-31-32-33-34-36-38-40-42-50(63)59-46(47(62)41-39-37-35-10-8-6-4-2)45-69-57-55(68)53(66)56(49(44-61)71-57)72-58-54(67)52(65)51(64)48(43-60)70-58/h13-14,16-17,19-20,46-49,51-58,60-62,64-68H,3-12,15,18,21-45H2,1-2H3,(H,59,63)/b14-13-,17-16-,20-19-. The van der Waals surface area contributed by atoms with Gasteiger partial charge in [-0.2, -0.15) is 0 Å². The van der Waals surface area contributed by atoms with Gasteiger partial charge >= 0.3 is 0 Å². The Morgan fingerprint density at radius 1 is 0.500 bits per heavy atom. The molecular formula is C58H107NO13. The highest BCUT2D eigenvalue weighted by atomic mass is 16.7. The molecule has 14 nitrogen and oxygen atoms in total. The zero-order chi connectivity index (χ0) is 52.4. The van der Waals surface area contributed by atoms with E-state index in [-0.39, 0.29) is 12.5 Å². The Balaban J connectivity index is 1.59. The number of nitrogens with one attached hydrogen (secondary N) is 1. The molecule has 0 aromatic carbocycles. The van der Waals surface area contributed by atoms with Crippen molar-refractivity contribution >= 4 is 5.91 Å². The number of rotatable bonds is 46. The molecule has 0 spiro atoms. The van der Waals surface area contributed by atoms with E-state index >= 15 is 0 Å². The third-order valence-corrected chi connectivity index (χ3v) is 14.4. The molecule has 9 N–H and O–H groups in total. The molecule has 2 rings (SSSR count). The van der Waals surface area contributed by atoms with Crippen LogP contribution in [0.1, 0.15) is 232 Å². The van der Waals surface area contributed by atoms with Gasteiger partial charge in [0.05, 0.1) is 32.0 Å². The first-order valence-corrected chi connectivity index (χ1v) is 29.2. The lowest BCUT2D eigenvalue weighted by molar-refractivity contribution is -0.359. The predicted molar refractivity (Wildman–Crippen MR) is 286 cm³/mol. The van der Waals surface area contributed by atoms with Crippen LogP contribution in [0, 0.1) is 0 Å². The number of carbonyl (C=O) groups is 1. The number of carbonyl (C=O) groups excluding carboxylic acids is 1. The Bertz CT molecular complexity index is 1350. The van der Waals surface area contributed by atoms with Gasteiger partial charge in [0, 0.05) is 6.42 Å². The van der Waals surface area contributed by atoms with Gasteiger partial charge in [-0.05, 0) is 51.4 Å². The van der Waals surface area contributed by atoms with Gasteiger partial charge in [0.1, 0.15) is 48.8 Å². The molecule has 422 valence electrons. The lowest BCUT2D eigenvalue weighted by Gasteiger charge is -2.46. The Hall–Kier alpha value is -1.79.